The molecule has 2 N–H and O–H groups in total. The number of amides is 3. The zero-order chi connectivity index (χ0) is 23.2. The van der Waals surface area contributed by atoms with Gasteiger partial charge in [-0.25, -0.2) is 0 Å². The quantitative estimate of drug-likeness (QED) is 0.674. The molecule has 0 atom stereocenters. The van der Waals surface area contributed by atoms with E-state index in [0.29, 0.717) is 22.0 Å². The van der Waals surface area contributed by atoms with Gasteiger partial charge in [-0.3, -0.25) is 19.3 Å². The molecule has 4 rings (SSSR count). The van der Waals surface area contributed by atoms with Crippen LogP contribution >= 0.6 is 11.6 Å². The molecule has 0 spiro atoms. The summed E-state index contributed by atoms with van der Waals surface area (Å²) in [6.07, 6.45) is 3.76. The van der Waals surface area contributed by atoms with E-state index >= 15 is 0 Å². The number of para-hydroxylation sites is 1. The Hall–Kier alpha value is -2.90. The Balaban J connectivity index is 1.29. The van der Waals surface area contributed by atoms with Crippen molar-refractivity contribution >= 4 is 40.7 Å². The molecule has 2 aliphatic heterocycles. The van der Waals surface area contributed by atoms with Crippen LogP contribution in [0.25, 0.3) is 0 Å². The number of nitrogens with one attached hydrogen (secondary N) is 2. The van der Waals surface area contributed by atoms with Crippen LogP contribution < -0.4 is 10.6 Å². The number of carbonyl (C=O) groups excluding carboxylic acids is 3. The molecule has 2 heterocycles. The maximum absolute atomic E-state index is 12.8. The van der Waals surface area contributed by atoms with Crippen molar-refractivity contribution in [3.8, 4) is 0 Å². The Morgan fingerprint density at radius 2 is 1.55 bits per heavy atom. The van der Waals surface area contributed by atoms with E-state index < -0.39 is 0 Å². The number of likely N-dealkylation sites (tertiary alicyclic amines) is 2. The van der Waals surface area contributed by atoms with Gasteiger partial charge >= 0.3 is 0 Å². The lowest BCUT2D eigenvalue weighted by Gasteiger charge is -2.32. The molecule has 0 aromatic heterocycles. The third-order valence-electron chi connectivity index (χ3n) is 6.27. The molecule has 174 valence electrons. The van der Waals surface area contributed by atoms with Crippen LogP contribution in [0.15, 0.2) is 48.5 Å². The third-order valence-corrected chi connectivity index (χ3v) is 6.52. The van der Waals surface area contributed by atoms with Crippen molar-refractivity contribution in [3.63, 3.8) is 0 Å². The molecule has 33 heavy (non-hydrogen) atoms. The fourth-order valence-electron chi connectivity index (χ4n) is 4.45. The average Bonchev–Trinajstić information content (AvgIpc) is 3.36. The van der Waals surface area contributed by atoms with E-state index in [4.69, 9.17) is 11.6 Å². The van der Waals surface area contributed by atoms with E-state index in [2.05, 4.69) is 15.5 Å². The van der Waals surface area contributed by atoms with Gasteiger partial charge in [0.25, 0.3) is 5.91 Å². The summed E-state index contributed by atoms with van der Waals surface area (Å²) in [5.74, 6) is -0.141. The lowest BCUT2D eigenvalue weighted by atomic mass is 9.95. The lowest BCUT2D eigenvalue weighted by molar-refractivity contribution is -0.136. The van der Waals surface area contributed by atoms with Crippen molar-refractivity contribution in [2.75, 3.05) is 43.4 Å². The van der Waals surface area contributed by atoms with Crippen molar-refractivity contribution in [1.29, 1.82) is 0 Å². The minimum atomic E-state index is -0.311. The van der Waals surface area contributed by atoms with Gasteiger partial charge in [0.1, 0.15) is 0 Å². The molecule has 2 aromatic rings. The number of halogens is 1. The summed E-state index contributed by atoms with van der Waals surface area (Å²) in [5.41, 5.74) is 1.47. The number of hydrogen-bond donors (Lipinski definition) is 2. The maximum atomic E-state index is 12.8. The maximum Gasteiger partial charge on any atom is 0.257 e. The highest BCUT2D eigenvalue weighted by Crippen LogP contribution is 2.23. The fraction of sp³-hybridized carbons (Fsp3) is 0.400. The highest BCUT2D eigenvalue weighted by atomic mass is 35.5. The summed E-state index contributed by atoms with van der Waals surface area (Å²) in [7, 11) is 0. The highest BCUT2D eigenvalue weighted by Gasteiger charge is 2.30. The van der Waals surface area contributed by atoms with Gasteiger partial charge in [-0.1, -0.05) is 23.7 Å². The summed E-state index contributed by atoms with van der Waals surface area (Å²) in [6.45, 7) is 3.43. The molecule has 2 aromatic carbocycles. The van der Waals surface area contributed by atoms with Crippen molar-refractivity contribution in [2.45, 2.75) is 25.7 Å². The zero-order valence-electron chi connectivity index (χ0n) is 18.6. The minimum Gasteiger partial charge on any atom is -0.342 e. The van der Waals surface area contributed by atoms with Crippen LogP contribution in [-0.2, 0) is 9.59 Å². The summed E-state index contributed by atoms with van der Waals surface area (Å²) in [6, 6.07) is 13.8. The molecular formula is C25H29ClN4O3. The van der Waals surface area contributed by atoms with Crippen LogP contribution in [0.2, 0.25) is 5.02 Å². The Morgan fingerprint density at radius 1 is 0.879 bits per heavy atom. The van der Waals surface area contributed by atoms with Gasteiger partial charge in [-0.05, 0) is 75.2 Å². The summed E-state index contributed by atoms with van der Waals surface area (Å²) in [5, 5.41) is 6.29. The first-order valence-corrected chi connectivity index (χ1v) is 11.8. The number of carbonyl (C=O) groups is 3. The highest BCUT2D eigenvalue weighted by molar-refractivity contribution is 6.30. The van der Waals surface area contributed by atoms with E-state index in [1.165, 1.54) is 0 Å². The standard InChI is InChI=1S/C25H29ClN4O3/c26-19-7-9-20(10-8-19)27-24(32)21-5-1-2-6-22(21)28-23(31)17-29-15-11-18(12-16-29)25(33)30-13-3-4-14-30/h1-2,5-10,18H,3-4,11-17H2,(H,27,32)(H,28,31). The smallest absolute Gasteiger partial charge is 0.257 e. The van der Waals surface area contributed by atoms with Gasteiger partial charge in [-0.15, -0.1) is 0 Å². The second-order valence-electron chi connectivity index (χ2n) is 8.64. The molecule has 0 unspecified atom stereocenters. The lowest BCUT2D eigenvalue weighted by Crippen LogP contribution is -2.44. The Labute approximate surface area is 199 Å². The molecule has 0 bridgehead atoms. The molecule has 0 saturated carbocycles. The Bertz CT molecular complexity index is 997. The van der Waals surface area contributed by atoms with Crippen LogP contribution in [0.1, 0.15) is 36.0 Å². The summed E-state index contributed by atoms with van der Waals surface area (Å²) >= 11 is 5.90. The monoisotopic (exact) mass is 468 g/mol. The predicted molar refractivity (Wildman–Crippen MR) is 129 cm³/mol. The first kappa shape index (κ1) is 23.3. The summed E-state index contributed by atoms with van der Waals surface area (Å²) in [4.78, 5) is 42.1. The molecule has 2 fully saturated rings. The van der Waals surface area contributed by atoms with Crippen molar-refractivity contribution in [3.05, 3.63) is 59.1 Å². The topological polar surface area (TPSA) is 81.8 Å². The van der Waals surface area contributed by atoms with Gasteiger partial charge in [0, 0.05) is 29.7 Å². The van der Waals surface area contributed by atoms with E-state index in [9.17, 15) is 14.4 Å². The van der Waals surface area contributed by atoms with Crippen LogP contribution in [0.4, 0.5) is 11.4 Å². The van der Waals surface area contributed by atoms with Crippen molar-refractivity contribution in [1.82, 2.24) is 9.80 Å². The number of anilines is 2. The molecule has 7 nitrogen and oxygen atoms in total. The number of benzene rings is 2. The normalized spacial score (nSPS) is 17.1. The Kier molecular flexibility index (Phi) is 7.62. The molecule has 0 radical (unpaired) electrons. The van der Waals surface area contributed by atoms with E-state index in [-0.39, 0.29) is 30.2 Å². The average molecular weight is 469 g/mol. The summed E-state index contributed by atoms with van der Waals surface area (Å²) < 4.78 is 0. The van der Waals surface area contributed by atoms with Crippen LogP contribution in [0.5, 0.6) is 0 Å². The van der Waals surface area contributed by atoms with E-state index in [1.54, 1.807) is 48.5 Å². The largest absolute Gasteiger partial charge is 0.342 e. The molecule has 8 heteroatoms. The molecular weight excluding hydrogens is 440 g/mol. The van der Waals surface area contributed by atoms with Gasteiger partial charge in [0.2, 0.25) is 11.8 Å². The number of hydrogen-bond acceptors (Lipinski definition) is 4. The number of rotatable bonds is 6. The number of piperidine rings is 1. The van der Waals surface area contributed by atoms with Crippen LogP contribution in [-0.4, -0.2) is 60.2 Å². The SMILES string of the molecule is O=C(CN1CCC(C(=O)N2CCCC2)CC1)Nc1ccccc1C(=O)Nc1ccc(Cl)cc1. The molecule has 0 aliphatic carbocycles. The van der Waals surface area contributed by atoms with Crippen LogP contribution in [0, 0.1) is 5.92 Å². The fourth-order valence-corrected chi connectivity index (χ4v) is 4.57. The molecule has 3 amide bonds. The first-order valence-electron chi connectivity index (χ1n) is 11.5. The predicted octanol–water partition coefficient (Wildman–Crippen LogP) is 3.87. The van der Waals surface area contributed by atoms with Crippen molar-refractivity contribution < 1.29 is 14.4 Å². The van der Waals surface area contributed by atoms with Crippen LogP contribution in [0.3, 0.4) is 0 Å². The number of nitrogens with zero attached hydrogens (tertiary/aromatic N) is 2. The second-order valence-corrected chi connectivity index (χ2v) is 9.07. The third kappa shape index (κ3) is 6.12. The Morgan fingerprint density at radius 3 is 2.24 bits per heavy atom. The van der Waals surface area contributed by atoms with Gasteiger partial charge in [0.15, 0.2) is 0 Å². The van der Waals surface area contributed by atoms with E-state index in [0.717, 1.165) is 51.9 Å². The second kappa shape index (κ2) is 10.8. The zero-order valence-corrected chi connectivity index (χ0v) is 19.3. The van der Waals surface area contributed by atoms with E-state index in [1.807, 2.05) is 4.90 Å². The molecule has 2 saturated heterocycles. The van der Waals surface area contributed by atoms with Crippen molar-refractivity contribution in [2.24, 2.45) is 5.92 Å². The van der Waals surface area contributed by atoms with Gasteiger partial charge in [0.05, 0.1) is 17.8 Å². The van der Waals surface area contributed by atoms with Gasteiger partial charge in [-0.2, -0.15) is 0 Å². The minimum absolute atomic E-state index is 0.0692. The first-order chi connectivity index (χ1) is 16.0. The molecule has 2 aliphatic rings. The van der Waals surface area contributed by atoms with Gasteiger partial charge < -0.3 is 15.5 Å².